The standard InChI is InChI=1S/C12H15N3O/c13-7-9-3-4-14-12(6-9)15-8-10-1-2-11(16)5-10/h3-4,6,10-11,16H,1-2,5,8H2,(H,14,15). The van der Waals surface area contributed by atoms with Crippen LogP contribution < -0.4 is 5.32 Å². The third kappa shape index (κ3) is 2.71. The van der Waals surface area contributed by atoms with Gasteiger partial charge in [0.05, 0.1) is 17.7 Å². The molecule has 2 N–H and O–H groups in total. The zero-order valence-corrected chi connectivity index (χ0v) is 9.06. The molecule has 0 spiro atoms. The minimum absolute atomic E-state index is 0.134. The van der Waals surface area contributed by atoms with Gasteiger partial charge in [0.2, 0.25) is 0 Å². The molecule has 1 aliphatic carbocycles. The number of hydrogen-bond donors (Lipinski definition) is 2. The largest absolute Gasteiger partial charge is 0.393 e. The van der Waals surface area contributed by atoms with Crippen molar-refractivity contribution in [3.05, 3.63) is 23.9 Å². The summed E-state index contributed by atoms with van der Waals surface area (Å²) in [5.41, 5.74) is 0.615. The van der Waals surface area contributed by atoms with Crippen LogP contribution in [0.2, 0.25) is 0 Å². The maximum absolute atomic E-state index is 9.39. The molecule has 1 aromatic heterocycles. The second-order valence-corrected chi connectivity index (χ2v) is 4.26. The summed E-state index contributed by atoms with van der Waals surface area (Å²) in [4.78, 5) is 4.14. The monoisotopic (exact) mass is 217 g/mol. The van der Waals surface area contributed by atoms with Gasteiger partial charge in [0.1, 0.15) is 5.82 Å². The average molecular weight is 217 g/mol. The van der Waals surface area contributed by atoms with Crippen molar-refractivity contribution in [2.75, 3.05) is 11.9 Å². The summed E-state index contributed by atoms with van der Waals surface area (Å²) in [7, 11) is 0. The minimum atomic E-state index is -0.134. The first-order valence-electron chi connectivity index (χ1n) is 5.56. The van der Waals surface area contributed by atoms with E-state index in [1.807, 2.05) is 0 Å². The van der Waals surface area contributed by atoms with Gasteiger partial charge < -0.3 is 10.4 Å². The van der Waals surface area contributed by atoms with Crippen molar-refractivity contribution in [3.63, 3.8) is 0 Å². The van der Waals surface area contributed by atoms with Gasteiger partial charge in [-0.3, -0.25) is 0 Å². The number of aliphatic hydroxyl groups excluding tert-OH is 1. The number of nitriles is 1. The van der Waals surface area contributed by atoms with E-state index in [-0.39, 0.29) is 6.10 Å². The highest BCUT2D eigenvalue weighted by Gasteiger charge is 2.22. The smallest absolute Gasteiger partial charge is 0.127 e. The SMILES string of the molecule is N#Cc1ccnc(NCC2CCC(O)C2)c1. The summed E-state index contributed by atoms with van der Waals surface area (Å²) in [6.07, 6.45) is 4.32. The van der Waals surface area contributed by atoms with Crippen LogP contribution in [0.1, 0.15) is 24.8 Å². The summed E-state index contributed by atoms with van der Waals surface area (Å²) in [5, 5.41) is 21.3. The van der Waals surface area contributed by atoms with Crippen LogP contribution >= 0.6 is 0 Å². The molecule has 2 atom stereocenters. The lowest BCUT2D eigenvalue weighted by molar-refractivity contribution is 0.178. The molecular formula is C12H15N3O. The Hall–Kier alpha value is -1.60. The minimum Gasteiger partial charge on any atom is -0.393 e. The van der Waals surface area contributed by atoms with Crippen LogP contribution in [0.25, 0.3) is 0 Å². The molecule has 4 heteroatoms. The van der Waals surface area contributed by atoms with Crippen LogP contribution in [-0.2, 0) is 0 Å². The van der Waals surface area contributed by atoms with Gasteiger partial charge in [-0.15, -0.1) is 0 Å². The summed E-state index contributed by atoms with van der Waals surface area (Å²) >= 11 is 0. The first-order chi connectivity index (χ1) is 7.78. The van der Waals surface area contributed by atoms with Crippen LogP contribution in [0.3, 0.4) is 0 Å². The fourth-order valence-corrected chi connectivity index (χ4v) is 2.08. The number of nitrogens with one attached hydrogen (secondary N) is 1. The highest BCUT2D eigenvalue weighted by Crippen LogP contribution is 2.25. The molecule has 2 rings (SSSR count). The molecule has 1 heterocycles. The molecule has 0 saturated heterocycles. The van der Waals surface area contributed by atoms with Crippen molar-refractivity contribution in [1.29, 1.82) is 5.26 Å². The Morgan fingerprint density at radius 3 is 3.12 bits per heavy atom. The van der Waals surface area contributed by atoms with Gasteiger partial charge in [-0.1, -0.05) is 0 Å². The van der Waals surface area contributed by atoms with E-state index < -0.39 is 0 Å². The zero-order chi connectivity index (χ0) is 11.4. The van der Waals surface area contributed by atoms with Crippen LogP contribution in [-0.4, -0.2) is 22.7 Å². The van der Waals surface area contributed by atoms with Crippen LogP contribution in [0, 0.1) is 17.2 Å². The summed E-state index contributed by atoms with van der Waals surface area (Å²) in [6, 6.07) is 5.51. The maximum atomic E-state index is 9.39. The van der Waals surface area contributed by atoms with E-state index in [4.69, 9.17) is 5.26 Å². The van der Waals surface area contributed by atoms with Crippen molar-refractivity contribution in [2.24, 2.45) is 5.92 Å². The molecule has 1 aromatic rings. The van der Waals surface area contributed by atoms with E-state index in [1.165, 1.54) is 0 Å². The predicted octanol–water partition coefficient (Wildman–Crippen LogP) is 1.53. The van der Waals surface area contributed by atoms with Gasteiger partial charge in [-0.05, 0) is 37.3 Å². The number of hydrogen-bond acceptors (Lipinski definition) is 4. The van der Waals surface area contributed by atoms with Crippen molar-refractivity contribution < 1.29 is 5.11 Å². The number of pyridine rings is 1. The number of anilines is 1. The second-order valence-electron chi connectivity index (χ2n) is 4.26. The lowest BCUT2D eigenvalue weighted by Crippen LogP contribution is -2.13. The Balaban J connectivity index is 1.87. The Morgan fingerprint density at radius 1 is 1.56 bits per heavy atom. The third-order valence-electron chi connectivity index (χ3n) is 2.97. The summed E-state index contributed by atoms with van der Waals surface area (Å²) in [6.45, 7) is 0.818. The molecule has 0 aliphatic heterocycles. The number of rotatable bonds is 3. The van der Waals surface area contributed by atoms with Crippen LogP contribution in [0.4, 0.5) is 5.82 Å². The molecule has 2 unspecified atom stereocenters. The molecule has 0 radical (unpaired) electrons. The lowest BCUT2D eigenvalue weighted by atomic mass is 10.1. The maximum Gasteiger partial charge on any atom is 0.127 e. The van der Waals surface area contributed by atoms with Gasteiger partial charge in [0, 0.05) is 12.7 Å². The number of aliphatic hydroxyl groups is 1. The molecule has 4 nitrogen and oxygen atoms in total. The number of aromatic nitrogens is 1. The molecule has 0 aromatic carbocycles. The van der Waals surface area contributed by atoms with Gasteiger partial charge in [-0.25, -0.2) is 4.98 Å². The molecule has 16 heavy (non-hydrogen) atoms. The number of nitrogens with zero attached hydrogens (tertiary/aromatic N) is 2. The van der Waals surface area contributed by atoms with Gasteiger partial charge in [0.15, 0.2) is 0 Å². The van der Waals surface area contributed by atoms with Crippen molar-refractivity contribution >= 4 is 5.82 Å². The van der Waals surface area contributed by atoms with Crippen molar-refractivity contribution in [2.45, 2.75) is 25.4 Å². The van der Waals surface area contributed by atoms with E-state index >= 15 is 0 Å². The Morgan fingerprint density at radius 2 is 2.44 bits per heavy atom. The molecule has 1 fully saturated rings. The van der Waals surface area contributed by atoms with Crippen LogP contribution in [0.5, 0.6) is 0 Å². The van der Waals surface area contributed by atoms with Crippen LogP contribution in [0.15, 0.2) is 18.3 Å². The highest BCUT2D eigenvalue weighted by molar-refractivity contribution is 5.42. The molecule has 0 bridgehead atoms. The van der Waals surface area contributed by atoms with E-state index in [1.54, 1.807) is 18.3 Å². The molecule has 1 aliphatic rings. The van der Waals surface area contributed by atoms with E-state index in [2.05, 4.69) is 16.4 Å². The van der Waals surface area contributed by atoms with Crippen molar-refractivity contribution in [3.8, 4) is 6.07 Å². The molecular weight excluding hydrogens is 202 g/mol. The van der Waals surface area contributed by atoms with Gasteiger partial charge in [-0.2, -0.15) is 5.26 Å². The third-order valence-corrected chi connectivity index (χ3v) is 2.97. The van der Waals surface area contributed by atoms with Gasteiger partial charge in [0.25, 0.3) is 0 Å². The normalized spacial score (nSPS) is 24.0. The quantitative estimate of drug-likeness (QED) is 0.805. The molecule has 0 amide bonds. The average Bonchev–Trinajstić information content (AvgIpc) is 2.73. The highest BCUT2D eigenvalue weighted by atomic mass is 16.3. The summed E-state index contributed by atoms with van der Waals surface area (Å²) < 4.78 is 0. The lowest BCUT2D eigenvalue weighted by Gasteiger charge is -2.11. The Bertz CT molecular complexity index is 399. The Labute approximate surface area is 94.9 Å². The first kappa shape index (κ1) is 10.9. The molecule has 84 valence electrons. The van der Waals surface area contributed by atoms with E-state index in [0.717, 1.165) is 31.6 Å². The summed E-state index contributed by atoms with van der Waals surface area (Å²) in [5.74, 6) is 1.25. The first-order valence-corrected chi connectivity index (χ1v) is 5.56. The topological polar surface area (TPSA) is 68.9 Å². The van der Waals surface area contributed by atoms with Crippen molar-refractivity contribution in [1.82, 2.24) is 4.98 Å². The van der Waals surface area contributed by atoms with E-state index in [9.17, 15) is 5.11 Å². The predicted molar refractivity (Wildman–Crippen MR) is 60.8 cm³/mol. The zero-order valence-electron chi connectivity index (χ0n) is 9.06. The fraction of sp³-hybridized carbons (Fsp3) is 0.500. The van der Waals surface area contributed by atoms with E-state index in [0.29, 0.717) is 11.5 Å². The van der Waals surface area contributed by atoms with Gasteiger partial charge >= 0.3 is 0 Å². The fourth-order valence-electron chi connectivity index (χ4n) is 2.08. The second kappa shape index (κ2) is 4.95. The molecule has 1 saturated carbocycles. The Kier molecular flexibility index (Phi) is 3.37.